The Morgan fingerprint density at radius 1 is 1.12 bits per heavy atom. The summed E-state index contributed by atoms with van der Waals surface area (Å²) >= 11 is 2.15. The maximum atomic E-state index is 14.2. The molecule has 3 rings (SSSR count). The van der Waals surface area contributed by atoms with Crippen molar-refractivity contribution in [3.8, 4) is 0 Å². The van der Waals surface area contributed by atoms with Gasteiger partial charge >= 0.3 is 0 Å². The fourth-order valence-corrected chi connectivity index (χ4v) is 3.46. The molecule has 0 spiro atoms. The molecule has 0 radical (unpaired) electrons. The number of thiazole rings is 1. The Bertz CT molecular complexity index is 868. The van der Waals surface area contributed by atoms with E-state index in [4.69, 9.17) is 0 Å². The minimum atomic E-state index is -0.754. The van der Waals surface area contributed by atoms with Crippen LogP contribution < -0.4 is 10.0 Å². The summed E-state index contributed by atoms with van der Waals surface area (Å²) in [5.41, 5.74) is 2.44. The molecule has 136 valence electrons. The zero-order valence-electron chi connectivity index (χ0n) is 13.3. The van der Waals surface area contributed by atoms with Gasteiger partial charge in [0.25, 0.3) is 0 Å². The maximum Gasteiger partial charge on any atom is 0.147 e. The monoisotopic (exact) mass is 397 g/mol. The van der Waals surface area contributed by atoms with E-state index in [2.05, 4.69) is 15.0 Å². The topological polar surface area (TPSA) is 57.2 Å². The molecule has 3 aromatic rings. The highest BCUT2D eigenvalue weighted by molar-refractivity contribution is 8.00. The Morgan fingerprint density at radius 2 is 1.88 bits per heavy atom. The maximum absolute atomic E-state index is 14.2. The summed E-state index contributed by atoms with van der Waals surface area (Å²) in [4.78, 5) is 3.78. The molecule has 0 amide bonds. The lowest BCUT2D eigenvalue weighted by Gasteiger charge is -2.13. The highest BCUT2D eigenvalue weighted by Crippen LogP contribution is 2.29. The second-order valence-electron chi connectivity index (χ2n) is 5.24. The van der Waals surface area contributed by atoms with Crippen LogP contribution in [-0.4, -0.2) is 10.1 Å². The average molecular weight is 397 g/mol. The van der Waals surface area contributed by atoms with Gasteiger partial charge < -0.3 is 15.1 Å². The van der Waals surface area contributed by atoms with Gasteiger partial charge in [0.15, 0.2) is 0 Å². The van der Waals surface area contributed by atoms with Gasteiger partial charge in [-0.2, -0.15) is 0 Å². The van der Waals surface area contributed by atoms with Gasteiger partial charge in [0.1, 0.15) is 28.2 Å². The van der Waals surface area contributed by atoms with E-state index in [1.807, 2.05) is 0 Å². The van der Waals surface area contributed by atoms with Gasteiger partial charge in [-0.1, -0.05) is 12.1 Å². The van der Waals surface area contributed by atoms with Crippen LogP contribution in [0.25, 0.3) is 0 Å². The van der Waals surface area contributed by atoms with Crippen molar-refractivity contribution >= 4 is 34.8 Å². The van der Waals surface area contributed by atoms with E-state index < -0.39 is 17.5 Å². The van der Waals surface area contributed by atoms with Crippen LogP contribution >= 0.6 is 23.3 Å². The normalized spacial score (nSPS) is 10.8. The number of rotatable bonds is 7. The van der Waals surface area contributed by atoms with Crippen molar-refractivity contribution in [1.29, 1.82) is 0 Å². The Kier molecular flexibility index (Phi) is 6.02. The second-order valence-corrected chi connectivity index (χ2v) is 6.77. The predicted octanol–water partition coefficient (Wildman–Crippen LogP) is 4.78. The molecule has 1 heterocycles. The number of aliphatic hydroxyl groups excluding tert-OH is 1. The van der Waals surface area contributed by atoms with Crippen LogP contribution in [0.4, 0.5) is 24.7 Å². The van der Waals surface area contributed by atoms with E-state index in [9.17, 15) is 18.3 Å². The van der Waals surface area contributed by atoms with Crippen molar-refractivity contribution in [2.24, 2.45) is 0 Å². The van der Waals surface area contributed by atoms with Gasteiger partial charge in [-0.3, -0.25) is 0 Å². The number of anilines is 2. The lowest BCUT2D eigenvalue weighted by atomic mass is 10.1. The van der Waals surface area contributed by atoms with Crippen LogP contribution in [0.1, 0.15) is 11.1 Å². The summed E-state index contributed by atoms with van der Waals surface area (Å²) in [5, 5.41) is 13.8. The average Bonchev–Trinajstić information content (AvgIpc) is 3.13. The van der Waals surface area contributed by atoms with Crippen molar-refractivity contribution in [3.63, 3.8) is 0 Å². The first-order chi connectivity index (χ1) is 12.6. The molecule has 0 bridgehead atoms. The van der Waals surface area contributed by atoms with Crippen LogP contribution in [0.3, 0.4) is 0 Å². The van der Waals surface area contributed by atoms with Gasteiger partial charge in [-0.25, -0.2) is 18.2 Å². The third kappa shape index (κ3) is 4.29. The predicted molar refractivity (Wildman–Crippen MR) is 97.6 cm³/mol. The first-order valence-electron chi connectivity index (χ1n) is 7.49. The quantitative estimate of drug-likeness (QED) is 0.501. The van der Waals surface area contributed by atoms with Crippen molar-refractivity contribution < 1.29 is 18.3 Å². The number of benzene rings is 2. The van der Waals surface area contributed by atoms with Crippen LogP contribution in [0.15, 0.2) is 46.1 Å². The van der Waals surface area contributed by atoms with Gasteiger partial charge in [-0.05, 0) is 35.7 Å². The van der Waals surface area contributed by atoms with Crippen molar-refractivity contribution in [1.82, 2.24) is 4.98 Å². The summed E-state index contributed by atoms with van der Waals surface area (Å²) in [6, 6.07) is 6.61. The molecular weight excluding hydrogens is 383 g/mol. The molecule has 3 N–H and O–H groups in total. The third-order valence-corrected chi connectivity index (χ3v) is 5.04. The molecular formula is C17H14F3N3OS2. The van der Waals surface area contributed by atoms with E-state index in [0.29, 0.717) is 11.4 Å². The number of hydrogen-bond acceptors (Lipinski definition) is 6. The molecule has 4 nitrogen and oxygen atoms in total. The van der Waals surface area contributed by atoms with Crippen molar-refractivity contribution in [2.45, 2.75) is 18.0 Å². The standard InChI is InChI=1S/C17H14F3N3OS2/c18-13-3-1-2-10(7-24)12(13)6-21-11-4-14(19)17(15(20)5-11)26-23-16-8-25-9-22-16/h1-5,8-9,21,23-24H,6-7H2. The highest BCUT2D eigenvalue weighted by atomic mass is 32.2. The zero-order valence-corrected chi connectivity index (χ0v) is 14.9. The lowest BCUT2D eigenvalue weighted by molar-refractivity contribution is 0.280. The van der Waals surface area contributed by atoms with E-state index >= 15 is 0 Å². The van der Waals surface area contributed by atoms with Crippen molar-refractivity contribution in [2.75, 3.05) is 10.0 Å². The highest BCUT2D eigenvalue weighted by Gasteiger charge is 2.14. The molecule has 0 aliphatic carbocycles. The number of halogens is 3. The van der Waals surface area contributed by atoms with Crippen LogP contribution in [0.2, 0.25) is 0 Å². The van der Waals surface area contributed by atoms with E-state index in [0.717, 1.165) is 24.1 Å². The Hall–Kier alpha value is -2.23. The first-order valence-corrected chi connectivity index (χ1v) is 9.25. The van der Waals surface area contributed by atoms with Crippen molar-refractivity contribution in [3.05, 3.63) is 69.8 Å². The number of nitrogens with zero attached hydrogens (tertiary/aromatic N) is 1. The van der Waals surface area contributed by atoms with E-state index in [-0.39, 0.29) is 29.3 Å². The van der Waals surface area contributed by atoms with Crippen LogP contribution in [-0.2, 0) is 13.2 Å². The molecule has 0 fully saturated rings. The molecule has 0 saturated carbocycles. The van der Waals surface area contributed by atoms with E-state index in [1.165, 1.54) is 23.5 Å². The molecule has 0 aliphatic rings. The van der Waals surface area contributed by atoms with Crippen LogP contribution in [0.5, 0.6) is 0 Å². The van der Waals surface area contributed by atoms with Crippen LogP contribution in [0, 0.1) is 17.5 Å². The molecule has 0 aliphatic heterocycles. The summed E-state index contributed by atoms with van der Waals surface area (Å²) in [7, 11) is 0. The fourth-order valence-electron chi connectivity index (χ4n) is 2.27. The second kappa shape index (κ2) is 8.43. The number of aliphatic hydroxyl groups is 1. The minimum absolute atomic E-state index is 0.00892. The number of hydrogen-bond donors (Lipinski definition) is 3. The Labute approximate surface area is 156 Å². The smallest absolute Gasteiger partial charge is 0.147 e. The fraction of sp³-hybridized carbons (Fsp3) is 0.118. The zero-order chi connectivity index (χ0) is 18.5. The van der Waals surface area contributed by atoms with Gasteiger partial charge in [0.2, 0.25) is 0 Å². The van der Waals surface area contributed by atoms with Gasteiger partial charge in [-0.15, -0.1) is 11.3 Å². The minimum Gasteiger partial charge on any atom is -0.392 e. The van der Waals surface area contributed by atoms with Gasteiger partial charge in [0, 0.05) is 23.2 Å². The van der Waals surface area contributed by atoms with Gasteiger partial charge in [0.05, 0.1) is 12.1 Å². The number of nitrogens with one attached hydrogen (secondary N) is 2. The molecule has 9 heteroatoms. The number of aromatic nitrogens is 1. The summed E-state index contributed by atoms with van der Waals surface area (Å²) < 4.78 is 45.1. The Morgan fingerprint density at radius 3 is 2.54 bits per heavy atom. The summed E-state index contributed by atoms with van der Waals surface area (Å²) in [5.74, 6) is -1.49. The van der Waals surface area contributed by atoms with E-state index in [1.54, 1.807) is 17.0 Å². The summed E-state index contributed by atoms with van der Waals surface area (Å²) in [6.45, 7) is -0.333. The SMILES string of the molecule is OCc1cccc(F)c1CNc1cc(F)c(SNc2cscn2)c(F)c1. The largest absolute Gasteiger partial charge is 0.392 e. The first kappa shape index (κ1) is 18.6. The summed E-state index contributed by atoms with van der Waals surface area (Å²) in [6.07, 6.45) is 0. The molecule has 1 aromatic heterocycles. The molecule has 0 saturated heterocycles. The molecule has 2 aromatic carbocycles. The lowest BCUT2D eigenvalue weighted by Crippen LogP contribution is -2.07. The third-order valence-electron chi connectivity index (χ3n) is 3.54. The molecule has 0 unspecified atom stereocenters. The molecule has 0 atom stereocenters. The Balaban J connectivity index is 1.72. The molecule has 26 heavy (non-hydrogen) atoms.